The summed E-state index contributed by atoms with van der Waals surface area (Å²) in [5, 5.41) is 20.4. The number of nitrogens with zero attached hydrogens (tertiary/aromatic N) is 3. The highest BCUT2D eigenvalue weighted by Crippen LogP contribution is 2.31. The second-order valence-corrected chi connectivity index (χ2v) is 5.67. The monoisotopic (exact) mass is 305 g/mol. The van der Waals surface area contributed by atoms with Gasteiger partial charge in [0.2, 0.25) is 0 Å². The van der Waals surface area contributed by atoms with Crippen LogP contribution in [0, 0.1) is 6.92 Å². The summed E-state index contributed by atoms with van der Waals surface area (Å²) >= 11 is 7.76. The highest BCUT2D eigenvalue weighted by molar-refractivity contribution is 7.13. The first kappa shape index (κ1) is 13.3. The molecule has 0 aliphatic carbocycles. The smallest absolute Gasteiger partial charge is 0.117 e. The van der Waals surface area contributed by atoms with Crippen molar-refractivity contribution in [1.29, 1.82) is 0 Å². The molecule has 0 aliphatic rings. The molecule has 4 nitrogen and oxygen atoms in total. The molecule has 0 atom stereocenters. The van der Waals surface area contributed by atoms with Gasteiger partial charge in [-0.25, -0.2) is 4.68 Å². The van der Waals surface area contributed by atoms with Gasteiger partial charge in [0, 0.05) is 5.02 Å². The lowest BCUT2D eigenvalue weighted by atomic mass is 10.2. The molecule has 0 spiro atoms. The van der Waals surface area contributed by atoms with E-state index in [9.17, 15) is 5.11 Å². The van der Waals surface area contributed by atoms with E-state index >= 15 is 0 Å². The zero-order valence-electron chi connectivity index (χ0n) is 10.7. The number of aromatic nitrogens is 3. The molecule has 0 amide bonds. The Morgan fingerprint density at radius 3 is 2.85 bits per heavy atom. The van der Waals surface area contributed by atoms with E-state index in [0.29, 0.717) is 10.7 Å². The van der Waals surface area contributed by atoms with Gasteiger partial charge in [-0.1, -0.05) is 28.9 Å². The van der Waals surface area contributed by atoms with E-state index in [2.05, 4.69) is 10.3 Å². The first-order valence-electron chi connectivity index (χ1n) is 6.07. The van der Waals surface area contributed by atoms with Crippen molar-refractivity contribution in [2.45, 2.75) is 13.5 Å². The van der Waals surface area contributed by atoms with Crippen LogP contribution in [-0.4, -0.2) is 20.1 Å². The van der Waals surface area contributed by atoms with E-state index < -0.39 is 0 Å². The molecule has 0 saturated heterocycles. The topological polar surface area (TPSA) is 50.9 Å². The maximum Gasteiger partial charge on any atom is 0.117 e. The van der Waals surface area contributed by atoms with Crippen LogP contribution in [0.1, 0.15) is 11.3 Å². The Hall–Kier alpha value is -1.69. The van der Waals surface area contributed by atoms with E-state index in [-0.39, 0.29) is 6.61 Å². The molecule has 3 aromatic rings. The summed E-state index contributed by atoms with van der Waals surface area (Å²) in [5.74, 6) is 0. The van der Waals surface area contributed by atoms with Crippen LogP contribution < -0.4 is 0 Å². The fourth-order valence-corrected chi connectivity index (χ4v) is 3.02. The largest absolute Gasteiger partial charge is 0.390 e. The summed E-state index contributed by atoms with van der Waals surface area (Å²) in [6.45, 7) is 1.79. The zero-order chi connectivity index (χ0) is 14.1. The van der Waals surface area contributed by atoms with Crippen LogP contribution in [0.3, 0.4) is 0 Å². The molecule has 0 fully saturated rings. The van der Waals surface area contributed by atoms with Crippen LogP contribution in [0.4, 0.5) is 0 Å². The van der Waals surface area contributed by atoms with E-state index in [1.54, 1.807) is 16.0 Å². The van der Waals surface area contributed by atoms with Crippen LogP contribution in [0.15, 0.2) is 35.7 Å². The Morgan fingerprint density at radius 1 is 1.30 bits per heavy atom. The Kier molecular flexibility index (Phi) is 3.56. The first-order valence-corrected chi connectivity index (χ1v) is 7.33. The summed E-state index contributed by atoms with van der Waals surface area (Å²) in [7, 11) is 0. The maximum atomic E-state index is 9.46. The van der Waals surface area contributed by atoms with Crippen molar-refractivity contribution < 1.29 is 5.11 Å². The minimum absolute atomic E-state index is 0.146. The third-order valence-corrected chi connectivity index (χ3v) is 4.40. The van der Waals surface area contributed by atoms with Gasteiger partial charge in [-0.2, -0.15) is 0 Å². The molecule has 6 heteroatoms. The van der Waals surface area contributed by atoms with E-state index in [1.165, 1.54) is 0 Å². The summed E-state index contributed by atoms with van der Waals surface area (Å²) in [6.07, 6.45) is 0. The molecule has 1 N–H and O–H groups in total. The normalized spacial score (nSPS) is 10.9. The van der Waals surface area contributed by atoms with Crippen molar-refractivity contribution in [3.8, 4) is 16.3 Å². The Bertz CT molecular complexity index is 737. The van der Waals surface area contributed by atoms with E-state index in [1.807, 2.05) is 42.6 Å². The van der Waals surface area contributed by atoms with E-state index in [4.69, 9.17) is 11.6 Å². The van der Waals surface area contributed by atoms with Crippen LogP contribution in [-0.2, 0) is 6.61 Å². The SMILES string of the molecule is Cc1c(Cl)cccc1-n1nnc(CO)c1-c1cccs1. The van der Waals surface area contributed by atoms with Crippen molar-refractivity contribution in [3.63, 3.8) is 0 Å². The number of aliphatic hydroxyl groups excluding tert-OH is 1. The minimum Gasteiger partial charge on any atom is -0.390 e. The van der Waals surface area contributed by atoms with Gasteiger partial charge in [-0.15, -0.1) is 16.4 Å². The predicted molar refractivity (Wildman–Crippen MR) is 80.3 cm³/mol. The molecule has 1 aromatic carbocycles. The molecule has 20 heavy (non-hydrogen) atoms. The van der Waals surface area contributed by atoms with E-state index in [0.717, 1.165) is 21.8 Å². The third-order valence-electron chi connectivity index (χ3n) is 3.11. The quantitative estimate of drug-likeness (QED) is 0.806. The number of aliphatic hydroxyl groups is 1. The third kappa shape index (κ3) is 2.14. The lowest BCUT2D eigenvalue weighted by molar-refractivity contribution is 0.277. The van der Waals surface area contributed by atoms with Gasteiger partial charge in [0.1, 0.15) is 11.4 Å². The van der Waals surface area contributed by atoms with Crippen LogP contribution in [0.2, 0.25) is 5.02 Å². The van der Waals surface area contributed by atoms with Crippen molar-refractivity contribution in [3.05, 3.63) is 52.0 Å². The predicted octanol–water partition coefficient (Wildman–Crippen LogP) is 3.45. The van der Waals surface area contributed by atoms with Crippen molar-refractivity contribution >= 4 is 22.9 Å². The second-order valence-electron chi connectivity index (χ2n) is 4.32. The molecule has 0 unspecified atom stereocenters. The molecule has 0 radical (unpaired) electrons. The molecule has 102 valence electrons. The molecule has 0 aliphatic heterocycles. The molecule has 2 aromatic heterocycles. The standard InChI is InChI=1S/C14H12ClN3OS/c1-9-10(15)4-2-5-12(9)18-14(11(8-19)16-17-18)13-6-3-7-20-13/h2-7,19H,8H2,1H3. The molecule has 2 heterocycles. The fraction of sp³-hybridized carbons (Fsp3) is 0.143. The number of benzene rings is 1. The van der Waals surface area contributed by atoms with Crippen molar-refractivity contribution in [1.82, 2.24) is 15.0 Å². The molecule has 0 bridgehead atoms. The van der Waals surface area contributed by atoms with Gasteiger partial charge in [0.25, 0.3) is 0 Å². The van der Waals surface area contributed by atoms with Crippen molar-refractivity contribution in [2.75, 3.05) is 0 Å². The van der Waals surface area contributed by atoms with Gasteiger partial charge in [-0.05, 0) is 36.1 Å². The zero-order valence-corrected chi connectivity index (χ0v) is 12.3. The van der Waals surface area contributed by atoms with Gasteiger partial charge >= 0.3 is 0 Å². The summed E-state index contributed by atoms with van der Waals surface area (Å²) in [4.78, 5) is 1.01. The second kappa shape index (κ2) is 5.36. The number of rotatable bonds is 3. The van der Waals surface area contributed by atoms with Gasteiger partial charge < -0.3 is 5.11 Å². The molecular weight excluding hydrogens is 294 g/mol. The minimum atomic E-state index is -0.146. The maximum absolute atomic E-state index is 9.46. The van der Waals surface area contributed by atoms with Gasteiger partial charge in [0.05, 0.1) is 17.2 Å². The van der Waals surface area contributed by atoms with Gasteiger partial charge in [0.15, 0.2) is 0 Å². The van der Waals surface area contributed by atoms with Crippen molar-refractivity contribution in [2.24, 2.45) is 0 Å². The Balaban J connectivity index is 2.25. The fourth-order valence-electron chi connectivity index (χ4n) is 2.07. The number of hydrogen-bond acceptors (Lipinski definition) is 4. The Morgan fingerprint density at radius 2 is 2.15 bits per heavy atom. The summed E-state index contributed by atoms with van der Waals surface area (Å²) in [6, 6.07) is 9.61. The number of hydrogen-bond donors (Lipinski definition) is 1. The summed E-state index contributed by atoms with van der Waals surface area (Å²) in [5.41, 5.74) is 3.18. The number of thiophene rings is 1. The van der Waals surface area contributed by atoms with Gasteiger partial charge in [-0.3, -0.25) is 0 Å². The first-order chi connectivity index (χ1) is 9.72. The van der Waals surface area contributed by atoms with Crippen LogP contribution >= 0.6 is 22.9 Å². The average molecular weight is 306 g/mol. The Labute approximate surface area is 125 Å². The highest BCUT2D eigenvalue weighted by atomic mass is 35.5. The van der Waals surface area contributed by atoms with Crippen LogP contribution in [0.25, 0.3) is 16.3 Å². The summed E-state index contributed by atoms with van der Waals surface area (Å²) < 4.78 is 1.73. The lowest BCUT2D eigenvalue weighted by Gasteiger charge is -2.10. The average Bonchev–Trinajstić information content (AvgIpc) is 3.09. The van der Waals surface area contributed by atoms with Crippen LogP contribution in [0.5, 0.6) is 0 Å². The highest BCUT2D eigenvalue weighted by Gasteiger charge is 2.18. The lowest BCUT2D eigenvalue weighted by Crippen LogP contribution is -2.02. The number of halogens is 1. The molecule has 3 rings (SSSR count). The molecule has 0 saturated carbocycles. The molecular formula is C14H12ClN3OS.